The quantitative estimate of drug-likeness (QED) is 0.690. The SMILES string of the molecule is CC(C)(C)NCC1C2CCCCC21. The van der Waals surface area contributed by atoms with Crippen LogP contribution in [0.3, 0.4) is 0 Å². The second-order valence-corrected chi connectivity index (χ2v) is 5.91. The second kappa shape index (κ2) is 3.27. The average Bonchev–Trinajstić information content (AvgIpc) is 2.73. The lowest BCUT2D eigenvalue weighted by Gasteiger charge is -2.20. The molecule has 2 rings (SSSR count). The Hall–Kier alpha value is -0.0400. The smallest absolute Gasteiger partial charge is 0.00966 e. The molecule has 76 valence electrons. The average molecular weight is 181 g/mol. The first-order valence-corrected chi connectivity index (χ1v) is 5.83. The van der Waals surface area contributed by atoms with E-state index < -0.39 is 0 Å². The predicted molar refractivity (Wildman–Crippen MR) is 56.7 cm³/mol. The van der Waals surface area contributed by atoms with E-state index in [0.29, 0.717) is 5.54 Å². The molecule has 0 amide bonds. The molecule has 0 radical (unpaired) electrons. The topological polar surface area (TPSA) is 12.0 Å². The van der Waals surface area contributed by atoms with Crippen LogP contribution in [0.25, 0.3) is 0 Å². The highest BCUT2D eigenvalue weighted by Crippen LogP contribution is 2.54. The Kier molecular flexibility index (Phi) is 2.39. The summed E-state index contributed by atoms with van der Waals surface area (Å²) >= 11 is 0. The molecule has 2 aliphatic rings. The van der Waals surface area contributed by atoms with Gasteiger partial charge in [-0.25, -0.2) is 0 Å². The van der Waals surface area contributed by atoms with Gasteiger partial charge < -0.3 is 5.32 Å². The minimum atomic E-state index is 0.311. The van der Waals surface area contributed by atoms with Gasteiger partial charge in [-0.3, -0.25) is 0 Å². The van der Waals surface area contributed by atoms with Gasteiger partial charge in [0.05, 0.1) is 0 Å². The largest absolute Gasteiger partial charge is 0.312 e. The van der Waals surface area contributed by atoms with E-state index in [4.69, 9.17) is 0 Å². The monoisotopic (exact) mass is 181 g/mol. The van der Waals surface area contributed by atoms with Crippen molar-refractivity contribution in [2.75, 3.05) is 6.54 Å². The third-order valence-corrected chi connectivity index (χ3v) is 3.70. The van der Waals surface area contributed by atoms with Crippen molar-refractivity contribution in [3.05, 3.63) is 0 Å². The van der Waals surface area contributed by atoms with Crippen LogP contribution in [-0.2, 0) is 0 Å². The normalized spacial score (nSPS) is 38.5. The zero-order valence-electron chi connectivity index (χ0n) is 9.27. The summed E-state index contributed by atoms with van der Waals surface area (Å²) in [5.41, 5.74) is 0.311. The fourth-order valence-corrected chi connectivity index (χ4v) is 2.87. The van der Waals surface area contributed by atoms with Crippen LogP contribution < -0.4 is 5.32 Å². The molecular formula is C12H23N. The van der Waals surface area contributed by atoms with Crippen molar-refractivity contribution in [2.45, 2.75) is 52.0 Å². The van der Waals surface area contributed by atoms with Crippen LogP contribution in [0.1, 0.15) is 46.5 Å². The molecule has 1 nitrogen and oxygen atoms in total. The van der Waals surface area contributed by atoms with Crippen LogP contribution in [-0.4, -0.2) is 12.1 Å². The summed E-state index contributed by atoms with van der Waals surface area (Å²) in [5, 5.41) is 3.64. The van der Waals surface area contributed by atoms with E-state index in [9.17, 15) is 0 Å². The number of hydrogen-bond acceptors (Lipinski definition) is 1. The summed E-state index contributed by atoms with van der Waals surface area (Å²) in [4.78, 5) is 0. The van der Waals surface area contributed by atoms with E-state index in [0.717, 1.165) is 17.8 Å². The van der Waals surface area contributed by atoms with Gasteiger partial charge in [-0.05, 0) is 57.9 Å². The molecule has 2 saturated carbocycles. The molecule has 0 aromatic heterocycles. The molecule has 2 unspecified atom stereocenters. The summed E-state index contributed by atoms with van der Waals surface area (Å²) in [6.07, 6.45) is 6.02. The molecule has 0 aliphatic heterocycles. The predicted octanol–water partition coefficient (Wildman–Crippen LogP) is 2.81. The van der Waals surface area contributed by atoms with Crippen molar-refractivity contribution in [3.63, 3.8) is 0 Å². The van der Waals surface area contributed by atoms with Crippen LogP contribution in [0, 0.1) is 17.8 Å². The molecule has 2 aliphatic carbocycles. The fourth-order valence-electron chi connectivity index (χ4n) is 2.87. The Morgan fingerprint density at radius 2 is 1.62 bits per heavy atom. The van der Waals surface area contributed by atoms with Gasteiger partial charge in [0.1, 0.15) is 0 Å². The van der Waals surface area contributed by atoms with Gasteiger partial charge in [0.25, 0.3) is 0 Å². The molecule has 0 bridgehead atoms. The minimum absolute atomic E-state index is 0.311. The molecule has 13 heavy (non-hydrogen) atoms. The first-order chi connectivity index (χ1) is 6.08. The molecule has 1 heteroatoms. The van der Waals surface area contributed by atoms with E-state index >= 15 is 0 Å². The van der Waals surface area contributed by atoms with Gasteiger partial charge in [-0.1, -0.05) is 12.8 Å². The van der Waals surface area contributed by atoms with Crippen LogP contribution in [0.15, 0.2) is 0 Å². The number of rotatable bonds is 2. The standard InChI is InChI=1S/C12H23N/c1-12(2,3)13-8-11-9-6-4-5-7-10(9)11/h9-11,13H,4-8H2,1-3H3. The zero-order chi connectivity index (χ0) is 9.47. The number of fused-ring (bicyclic) bond motifs is 1. The lowest BCUT2D eigenvalue weighted by atomic mass is 10.0. The van der Waals surface area contributed by atoms with Crippen LogP contribution in [0.5, 0.6) is 0 Å². The van der Waals surface area contributed by atoms with Crippen LogP contribution in [0.4, 0.5) is 0 Å². The fraction of sp³-hybridized carbons (Fsp3) is 1.00. The van der Waals surface area contributed by atoms with Crippen molar-refractivity contribution < 1.29 is 0 Å². The van der Waals surface area contributed by atoms with Gasteiger partial charge in [-0.2, -0.15) is 0 Å². The number of hydrogen-bond donors (Lipinski definition) is 1. The summed E-state index contributed by atoms with van der Waals surface area (Å²) in [7, 11) is 0. The first kappa shape index (κ1) is 9.51. The number of nitrogens with one attached hydrogen (secondary N) is 1. The van der Waals surface area contributed by atoms with E-state index in [1.807, 2.05) is 0 Å². The summed E-state index contributed by atoms with van der Waals surface area (Å²) in [5.74, 6) is 3.23. The molecule has 2 fully saturated rings. The van der Waals surface area contributed by atoms with Crippen LogP contribution in [0.2, 0.25) is 0 Å². The summed E-state index contributed by atoms with van der Waals surface area (Å²) in [6, 6.07) is 0. The van der Waals surface area contributed by atoms with E-state index in [1.165, 1.54) is 32.2 Å². The molecule has 2 atom stereocenters. The zero-order valence-corrected chi connectivity index (χ0v) is 9.27. The van der Waals surface area contributed by atoms with Crippen molar-refractivity contribution in [2.24, 2.45) is 17.8 Å². The van der Waals surface area contributed by atoms with Crippen molar-refractivity contribution in [3.8, 4) is 0 Å². The lowest BCUT2D eigenvalue weighted by Crippen LogP contribution is -2.37. The maximum atomic E-state index is 3.64. The van der Waals surface area contributed by atoms with E-state index in [2.05, 4.69) is 26.1 Å². The second-order valence-electron chi connectivity index (χ2n) is 5.91. The van der Waals surface area contributed by atoms with Crippen LogP contribution >= 0.6 is 0 Å². The third kappa shape index (κ3) is 2.25. The molecular weight excluding hydrogens is 158 g/mol. The Morgan fingerprint density at radius 3 is 2.08 bits per heavy atom. The van der Waals surface area contributed by atoms with Crippen molar-refractivity contribution >= 4 is 0 Å². The third-order valence-electron chi connectivity index (χ3n) is 3.70. The summed E-state index contributed by atoms with van der Waals surface area (Å²) < 4.78 is 0. The Morgan fingerprint density at radius 1 is 1.08 bits per heavy atom. The Balaban J connectivity index is 1.73. The van der Waals surface area contributed by atoms with Gasteiger partial charge in [-0.15, -0.1) is 0 Å². The molecule has 0 saturated heterocycles. The summed E-state index contributed by atoms with van der Waals surface area (Å²) in [6.45, 7) is 8.05. The van der Waals surface area contributed by atoms with Gasteiger partial charge in [0.15, 0.2) is 0 Å². The molecule has 0 aromatic rings. The van der Waals surface area contributed by atoms with Gasteiger partial charge in [0, 0.05) is 5.54 Å². The highest BCUT2D eigenvalue weighted by molar-refractivity contribution is 5.00. The molecule has 0 heterocycles. The highest BCUT2D eigenvalue weighted by atomic mass is 15.0. The van der Waals surface area contributed by atoms with Gasteiger partial charge >= 0.3 is 0 Å². The molecule has 1 N–H and O–H groups in total. The van der Waals surface area contributed by atoms with E-state index in [1.54, 1.807) is 0 Å². The van der Waals surface area contributed by atoms with Crippen molar-refractivity contribution in [1.82, 2.24) is 5.32 Å². The van der Waals surface area contributed by atoms with Gasteiger partial charge in [0.2, 0.25) is 0 Å². The lowest BCUT2D eigenvalue weighted by molar-refractivity contribution is 0.406. The van der Waals surface area contributed by atoms with E-state index in [-0.39, 0.29) is 0 Å². The Labute approximate surface area is 82.3 Å². The first-order valence-electron chi connectivity index (χ1n) is 5.83. The maximum absolute atomic E-state index is 3.64. The Bertz CT molecular complexity index is 168. The molecule has 0 spiro atoms. The highest BCUT2D eigenvalue weighted by Gasteiger charge is 2.49. The van der Waals surface area contributed by atoms with Crippen molar-refractivity contribution in [1.29, 1.82) is 0 Å². The molecule has 0 aromatic carbocycles. The minimum Gasteiger partial charge on any atom is -0.312 e. The maximum Gasteiger partial charge on any atom is 0.00966 e.